The lowest BCUT2D eigenvalue weighted by molar-refractivity contribution is 0.562. The van der Waals surface area contributed by atoms with Gasteiger partial charge in [0.2, 0.25) is 0 Å². The zero-order valence-electron chi connectivity index (χ0n) is 5.02. The van der Waals surface area contributed by atoms with Crippen molar-refractivity contribution in [3.8, 4) is 0 Å². The Morgan fingerprint density at radius 3 is 3.00 bits per heavy atom. The zero-order chi connectivity index (χ0) is 5.98. The molecule has 3 heteroatoms. The van der Waals surface area contributed by atoms with Crippen molar-refractivity contribution in [1.29, 1.82) is 0 Å². The normalized spacial score (nSPS) is 28.8. The van der Waals surface area contributed by atoms with Crippen LogP contribution in [0.1, 0.15) is 13.3 Å². The molecule has 1 unspecified atom stereocenters. The van der Waals surface area contributed by atoms with Crippen LogP contribution in [0.2, 0.25) is 0 Å². The molecule has 0 aliphatic carbocycles. The highest BCUT2D eigenvalue weighted by molar-refractivity contribution is 5.80. The maximum Gasteiger partial charge on any atom is 0.0943 e. The third-order valence-electron chi connectivity index (χ3n) is 1.18. The summed E-state index contributed by atoms with van der Waals surface area (Å²) in [6.45, 7) is 2.80. The van der Waals surface area contributed by atoms with Crippen molar-refractivity contribution >= 4 is 5.84 Å². The molecule has 1 heterocycles. The fourth-order valence-corrected chi connectivity index (χ4v) is 0.757. The Morgan fingerprint density at radius 2 is 2.62 bits per heavy atom. The predicted octanol–water partition coefficient (Wildman–Crippen LogP) is -0.317. The Hall–Kier alpha value is -0.570. The van der Waals surface area contributed by atoms with Crippen molar-refractivity contribution in [2.24, 2.45) is 10.7 Å². The summed E-state index contributed by atoms with van der Waals surface area (Å²) in [5.74, 6) is 0.962. The Bertz CT molecular complexity index is 108. The van der Waals surface area contributed by atoms with Gasteiger partial charge in [-0.05, 0) is 6.92 Å². The second-order valence-electron chi connectivity index (χ2n) is 2.01. The summed E-state index contributed by atoms with van der Waals surface area (Å²) in [5, 5.41) is 3.01. The molecule has 1 atom stereocenters. The lowest BCUT2D eigenvalue weighted by Crippen LogP contribution is -2.43. The highest BCUT2D eigenvalue weighted by Gasteiger charge is 2.05. The highest BCUT2D eigenvalue weighted by Crippen LogP contribution is 1.91. The quantitative estimate of drug-likeness (QED) is 0.452. The summed E-state index contributed by atoms with van der Waals surface area (Å²) in [4.78, 5) is 4.11. The van der Waals surface area contributed by atoms with Crippen LogP contribution in [0, 0.1) is 0 Å². The van der Waals surface area contributed by atoms with Crippen LogP contribution in [0.4, 0.5) is 0 Å². The number of hydrogen-bond donors (Lipinski definition) is 2. The minimum absolute atomic E-state index is 0.132. The van der Waals surface area contributed by atoms with Crippen molar-refractivity contribution in [2.45, 2.75) is 19.5 Å². The van der Waals surface area contributed by atoms with Gasteiger partial charge in [-0.2, -0.15) is 0 Å². The largest absolute Gasteiger partial charge is 0.359 e. The van der Waals surface area contributed by atoms with Gasteiger partial charge in [-0.25, -0.2) is 0 Å². The van der Waals surface area contributed by atoms with Crippen LogP contribution in [0.5, 0.6) is 0 Å². The Kier molecular flexibility index (Phi) is 1.48. The van der Waals surface area contributed by atoms with Gasteiger partial charge in [0.15, 0.2) is 0 Å². The van der Waals surface area contributed by atoms with Crippen molar-refractivity contribution < 1.29 is 0 Å². The van der Waals surface area contributed by atoms with Crippen LogP contribution >= 0.6 is 0 Å². The molecule has 0 saturated heterocycles. The van der Waals surface area contributed by atoms with Crippen LogP contribution < -0.4 is 11.1 Å². The van der Waals surface area contributed by atoms with Crippen LogP contribution in [0.15, 0.2) is 4.99 Å². The summed E-state index contributed by atoms with van der Waals surface area (Å²) < 4.78 is 0. The molecule has 0 aromatic rings. The number of nitrogens with zero attached hydrogens (tertiary/aromatic N) is 1. The van der Waals surface area contributed by atoms with Gasteiger partial charge < -0.3 is 11.1 Å². The maximum atomic E-state index is 5.53. The number of rotatable bonds is 0. The molecule has 8 heavy (non-hydrogen) atoms. The van der Waals surface area contributed by atoms with E-state index in [2.05, 4.69) is 10.3 Å². The summed E-state index contributed by atoms with van der Waals surface area (Å²) in [7, 11) is 0. The molecule has 3 nitrogen and oxygen atoms in total. The molecule has 0 spiro atoms. The van der Waals surface area contributed by atoms with E-state index in [4.69, 9.17) is 5.73 Å². The maximum absolute atomic E-state index is 5.53. The van der Waals surface area contributed by atoms with Gasteiger partial charge in [0.1, 0.15) is 0 Å². The van der Waals surface area contributed by atoms with Gasteiger partial charge in [-0.15, -0.1) is 0 Å². The van der Waals surface area contributed by atoms with Gasteiger partial charge in [-0.1, -0.05) is 0 Å². The van der Waals surface area contributed by atoms with E-state index in [1.807, 2.05) is 6.92 Å². The molecule has 0 fully saturated rings. The van der Waals surface area contributed by atoms with E-state index in [1.165, 1.54) is 0 Å². The predicted molar refractivity (Wildman–Crippen MR) is 33.7 cm³/mol. The van der Waals surface area contributed by atoms with Crippen LogP contribution in [0.3, 0.4) is 0 Å². The van der Waals surface area contributed by atoms with Crippen LogP contribution in [-0.4, -0.2) is 18.5 Å². The zero-order valence-corrected chi connectivity index (χ0v) is 5.02. The molecule has 1 aliphatic rings. The third kappa shape index (κ3) is 1.20. The summed E-state index contributed by atoms with van der Waals surface area (Å²) in [6, 6.07) is 0. The first-order chi connectivity index (χ1) is 3.79. The van der Waals surface area contributed by atoms with Gasteiger partial charge in [-0.3, -0.25) is 4.99 Å². The SMILES string of the molecule is CC1=NCCC(N)N1. The second kappa shape index (κ2) is 2.13. The van der Waals surface area contributed by atoms with Crippen molar-refractivity contribution in [2.75, 3.05) is 6.54 Å². The number of nitrogens with one attached hydrogen (secondary N) is 1. The lowest BCUT2D eigenvalue weighted by atomic mass is 10.3. The lowest BCUT2D eigenvalue weighted by Gasteiger charge is -2.17. The van der Waals surface area contributed by atoms with Crippen LogP contribution in [-0.2, 0) is 0 Å². The van der Waals surface area contributed by atoms with Gasteiger partial charge in [0.05, 0.1) is 12.0 Å². The minimum atomic E-state index is 0.132. The molecule has 46 valence electrons. The molecule has 0 radical (unpaired) electrons. The fourth-order valence-electron chi connectivity index (χ4n) is 0.757. The van der Waals surface area contributed by atoms with E-state index >= 15 is 0 Å². The first-order valence-corrected chi connectivity index (χ1v) is 2.82. The number of aliphatic imine (C=N–C) groups is 1. The number of nitrogens with two attached hydrogens (primary N) is 1. The van der Waals surface area contributed by atoms with E-state index in [0.717, 1.165) is 18.8 Å². The molecule has 0 amide bonds. The highest BCUT2D eigenvalue weighted by atomic mass is 15.1. The van der Waals surface area contributed by atoms with Crippen molar-refractivity contribution in [3.63, 3.8) is 0 Å². The topological polar surface area (TPSA) is 50.4 Å². The Morgan fingerprint density at radius 1 is 1.88 bits per heavy atom. The Labute approximate surface area is 49.0 Å². The third-order valence-corrected chi connectivity index (χ3v) is 1.18. The summed E-state index contributed by atoms with van der Waals surface area (Å²) >= 11 is 0. The molecule has 0 saturated carbocycles. The molecule has 0 aromatic heterocycles. The summed E-state index contributed by atoms with van der Waals surface area (Å²) in [6.07, 6.45) is 1.09. The van der Waals surface area contributed by atoms with E-state index in [0.29, 0.717) is 0 Å². The Balaban J connectivity index is 2.45. The average Bonchev–Trinajstić information content (AvgIpc) is 1.64. The fraction of sp³-hybridized carbons (Fsp3) is 0.800. The van der Waals surface area contributed by atoms with E-state index in [-0.39, 0.29) is 6.17 Å². The number of hydrogen-bond acceptors (Lipinski definition) is 3. The first-order valence-electron chi connectivity index (χ1n) is 2.82. The molecular formula is C5H11N3. The van der Waals surface area contributed by atoms with Gasteiger partial charge in [0, 0.05) is 13.0 Å². The van der Waals surface area contributed by atoms with Crippen LogP contribution in [0.25, 0.3) is 0 Å². The summed E-state index contributed by atoms with van der Waals surface area (Å²) in [5.41, 5.74) is 5.53. The molecule has 3 N–H and O–H groups in total. The second-order valence-corrected chi connectivity index (χ2v) is 2.01. The smallest absolute Gasteiger partial charge is 0.0943 e. The van der Waals surface area contributed by atoms with E-state index in [1.54, 1.807) is 0 Å². The van der Waals surface area contributed by atoms with Crippen molar-refractivity contribution in [1.82, 2.24) is 5.32 Å². The molecular weight excluding hydrogens is 102 g/mol. The molecule has 1 rings (SSSR count). The molecule has 0 bridgehead atoms. The number of amidine groups is 1. The van der Waals surface area contributed by atoms with E-state index < -0.39 is 0 Å². The first kappa shape index (κ1) is 5.56. The van der Waals surface area contributed by atoms with Gasteiger partial charge in [0.25, 0.3) is 0 Å². The standard InChI is InChI=1S/C5H11N3/c1-4-7-3-2-5(6)8-4/h5H,2-3,6H2,1H3,(H,7,8). The van der Waals surface area contributed by atoms with Crippen molar-refractivity contribution in [3.05, 3.63) is 0 Å². The molecule has 0 aromatic carbocycles. The van der Waals surface area contributed by atoms with E-state index in [9.17, 15) is 0 Å². The monoisotopic (exact) mass is 113 g/mol. The van der Waals surface area contributed by atoms with Gasteiger partial charge >= 0.3 is 0 Å². The molecule has 1 aliphatic heterocycles. The average molecular weight is 113 g/mol. The minimum Gasteiger partial charge on any atom is -0.359 e.